The molecule has 0 aliphatic rings. The Morgan fingerprint density at radius 2 is 1.68 bits per heavy atom. The van der Waals surface area contributed by atoms with Crippen LogP contribution in [0.15, 0.2) is 24.3 Å². The number of nitrogen functional groups attached to an aromatic ring is 1. The second kappa shape index (κ2) is 10.7. The topological polar surface area (TPSA) is 114 Å². The van der Waals surface area contributed by atoms with Crippen molar-refractivity contribution in [2.75, 3.05) is 45.6 Å². The molecule has 0 fully saturated rings. The quantitative estimate of drug-likeness (QED) is 0.448. The van der Waals surface area contributed by atoms with Gasteiger partial charge in [-0.1, -0.05) is 0 Å². The Hall–Kier alpha value is -3.38. The fourth-order valence-electron chi connectivity index (χ4n) is 3.35. The van der Waals surface area contributed by atoms with Crippen LogP contribution in [0.4, 0.5) is 24.8 Å². The Labute approximate surface area is 194 Å². The summed E-state index contributed by atoms with van der Waals surface area (Å²) in [6, 6.07) is 5.13. The van der Waals surface area contributed by atoms with Gasteiger partial charge in [-0.3, -0.25) is 0 Å². The first kappa shape index (κ1) is 25.2. The van der Waals surface area contributed by atoms with Crippen LogP contribution in [-0.2, 0) is 22.2 Å². The highest BCUT2D eigenvalue weighted by Crippen LogP contribution is 2.35. The van der Waals surface area contributed by atoms with Crippen molar-refractivity contribution in [2.45, 2.75) is 25.7 Å². The first-order valence-corrected chi connectivity index (χ1v) is 10.2. The second-order valence-electron chi connectivity index (χ2n) is 7.41. The van der Waals surface area contributed by atoms with E-state index in [1.54, 1.807) is 33.3 Å². The lowest BCUT2D eigenvalue weighted by Crippen LogP contribution is -2.27. The highest BCUT2D eigenvalue weighted by Gasteiger charge is 2.31. The van der Waals surface area contributed by atoms with E-state index >= 15 is 0 Å². The van der Waals surface area contributed by atoms with Crippen molar-refractivity contribution >= 4 is 22.5 Å². The van der Waals surface area contributed by atoms with Crippen LogP contribution >= 0.6 is 0 Å². The summed E-state index contributed by atoms with van der Waals surface area (Å²) in [5.74, 6) is 1.48. The fourth-order valence-corrected chi connectivity index (χ4v) is 3.35. The van der Waals surface area contributed by atoms with Gasteiger partial charge in [-0.25, -0.2) is 15.0 Å². The van der Waals surface area contributed by atoms with Gasteiger partial charge in [-0.15, -0.1) is 0 Å². The molecule has 2 aromatic heterocycles. The van der Waals surface area contributed by atoms with E-state index in [0.29, 0.717) is 34.0 Å². The van der Waals surface area contributed by atoms with Gasteiger partial charge in [0.15, 0.2) is 11.5 Å². The summed E-state index contributed by atoms with van der Waals surface area (Å²) < 4.78 is 61.3. The van der Waals surface area contributed by atoms with E-state index in [1.165, 1.54) is 7.11 Å². The minimum absolute atomic E-state index is 0.0438. The molecule has 0 saturated heterocycles. The van der Waals surface area contributed by atoms with E-state index in [2.05, 4.69) is 20.3 Å². The van der Waals surface area contributed by atoms with Gasteiger partial charge < -0.3 is 30.0 Å². The van der Waals surface area contributed by atoms with Crippen molar-refractivity contribution in [3.8, 4) is 11.5 Å². The number of pyridine rings is 1. The first-order chi connectivity index (χ1) is 16.1. The number of rotatable bonds is 10. The van der Waals surface area contributed by atoms with E-state index in [-0.39, 0.29) is 31.3 Å². The Bertz CT molecular complexity index is 1140. The Morgan fingerprint density at radius 1 is 0.971 bits per heavy atom. The normalized spacial score (nSPS) is 11.8. The summed E-state index contributed by atoms with van der Waals surface area (Å²) in [6.45, 7) is 2.23. The standard InChI is InChI=1S/C22H26F3N5O4/c1-12-28-17-8-18(33-4)19(34-15(10-31-2)11-32-3)7-16(17)21(29-12)27-9-14-5-13(22(23,24)25)6-20(26)30-14/h5-8,15H,9-11H2,1-4H3,(H2,26,30)(H,27,28,29). The minimum Gasteiger partial charge on any atom is -0.493 e. The average Bonchev–Trinajstić information content (AvgIpc) is 2.76. The third-order valence-corrected chi connectivity index (χ3v) is 4.75. The minimum atomic E-state index is -4.53. The molecule has 0 saturated carbocycles. The smallest absolute Gasteiger partial charge is 0.416 e. The molecule has 0 bridgehead atoms. The maximum Gasteiger partial charge on any atom is 0.416 e. The molecule has 3 rings (SSSR count). The number of hydrogen-bond donors (Lipinski definition) is 2. The Morgan fingerprint density at radius 3 is 2.29 bits per heavy atom. The van der Waals surface area contributed by atoms with E-state index < -0.39 is 17.8 Å². The molecule has 9 nitrogen and oxygen atoms in total. The number of methoxy groups -OCH3 is 3. The summed E-state index contributed by atoms with van der Waals surface area (Å²) in [4.78, 5) is 12.8. The average molecular weight is 481 g/mol. The van der Waals surface area contributed by atoms with E-state index in [9.17, 15) is 13.2 Å². The molecule has 0 radical (unpaired) electrons. The van der Waals surface area contributed by atoms with Gasteiger partial charge in [0.1, 0.15) is 23.6 Å². The number of benzene rings is 1. The van der Waals surface area contributed by atoms with Gasteiger partial charge in [0.05, 0.1) is 43.6 Å². The van der Waals surface area contributed by atoms with E-state index in [4.69, 9.17) is 24.7 Å². The monoisotopic (exact) mass is 481 g/mol. The van der Waals surface area contributed by atoms with Crippen LogP contribution in [0.1, 0.15) is 17.1 Å². The predicted octanol–water partition coefficient (Wildman–Crippen LogP) is 3.60. The lowest BCUT2D eigenvalue weighted by molar-refractivity contribution is -0.137. The zero-order valence-corrected chi connectivity index (χ0v) is 19.2. The summed E-state index contributed by atoms with van der Waals surface area (Å²) in [7, 11) is 4.61. The third-order valence-electron chi connectivity index (χ3n) is 4.75. The largest absolute Gasteiger partial charge is 0.493 e. The maximum atomic E-state index is 13.1. The maximum absolute atomic E-state index is 13.1. The van der Waals surface area contributed by atoms with Gasteiger partial charge in [-0.05, 0) is 25.1 Å². The van der Waals surface area contributed by atoms with Crippen molar-refractivity contribution in [2.24, 2.45) is 0 Å². The lowest BCUT2D eigenvalue weighted by Gasteiger charge is -2.20. The number of ether oxygens (including phenoxy) is 4. The van der Waals surface area contributed by atoms with Crippen LogP contribution in [0.2, 0.25) is 0 Å². The molecule has 0 atom stereocenters. The summed E-state index contributed by atoms with van der Waals surface area (Å²) >= 11 is 0. The van der Waals surface area contributed by atoms with Crippen molar-refractivity contribution < 1.29 is 32.1 Å². The zero-order valence-electron chi connectivity index (χ0n) is 19.2. The number of hydrogen-bond acceptors (Lipinski definition) is 9. The lowest BCUT2D eigenvalue weighted by atomic mass is 10.2. The van der Waals surface area contributed by atoms with Crippen LogP contribution in [0, 0.1) is 6.92 Å². The molecule has 12 heteroatoms. The SMILES string of the molecule is COCC(COC)Oc1cc2c(NCc3cc(C(F)(F)F)cc(N)n3)nc(C)nc2cc1OC. The van der Waals surface area contributed by atoms with Crippen LogP contribution in [0.25, 0.3) is 10.9 Å². The molecule has 0 spiro atoms. The van der Waals surface area contributed by atoms with Gasteiger partial charge >= 0.3 is 6.18 Å². The molecule has 34 heavy (non-hydrogen) atoms. The van der Waals surface area contributed by atoms with E-state index in [1.807, 2.05) is 0 Å². The molecule has 0 amide bonds. The molecule has 0 aliphatic carbocycles. The third kappa shape index (κ3) is 6.14. The fraction of sp³-hybridized carbons (Fsp3) is 0.409. The molecule has 3 aromatic rings. The molecule has 184 valence electrons. The molecule has 1 aromatic carbocycles. The second-order valence-corrected chi connectivity index (χ2v) is 7.41. The van der Waals surface area contributed by atoms with Gasteiger partial charge in [0, 0.05) is 25.7 Å². The molecule has 2 heterocycles. The molecule has 0 aliphatic heterocycles. The Kier molecular flexibility index (Phi) is 7.94. The molecular formula is C22H26F3N5O4. The summed E-state index contributed by atoms with van der Waals surface area (Å²) in [6.07, 6.45) is -4.94. The van der Waals surface area contributed by atoms with Crippen LogP contribution in [0.3, 0.4) is 0 Å². The molecular weight excluding hydrogens is 455 g/mol. The van der Waals surface area contributed by atoms with Crippen LogP contribution < -0.4 is 20.5 Å². The van der Waals surface area contributed by atoms with Crippen LogP contribution in [0.5, 0.6) is 11.5 Å². The predicted molar refractivity (Wildman–Crippen MR) is 120 cm³/mol. The van der Waals surface area contributed by atoms with Crippen molar-refractivity contribution in [1.82, 2.24) is 15.0 Å². The Balaban J connectivity index is 1.97. The number of aryl methyl sites for hydroxylation is 1. The number of fused-ring (bicyclic) bond motifs is 1. The number of halogens is 3. The number of aromatic nitrogens is 3. The number of nitrogens with zero attached hydrogens (tertiary/aromatic N) is 3. The number of nitrogens with two attached hydrogens (primary N) is 1. The summed E-state index contributed by atoms with van der Waals surface area (Å²) in [5, 5.41) is 3.62. The first-order valence-electron chi connectivity index (χ1n) is 10.2. The number of alkyl halides is 3. The highest BCUT2D eigenvalue weighted by atomic mass is 19.4. The summed E-state index contributed by atoms with van der Waals surface area (Å²) in [5.41, 5.74) is 5.37. The number of anilines is 2. The van der Waals surface area contributed by atoms with Crippen molar-refractivity contribution in [1.29, 1.82) is 0 Å². The van der Waals surface area contributed by atoms with Gasteiger partial charge in [0.25, 0.3) is 0 Å². The van der Waals surface area contributed by atoms with Gasteiger partial charge in [0.2, 0.25) is 0 Å². The zero-order chi connectivity index (χ0) is 24.9. The van der Waals surface area contributed by atoms with Crippen molar-refractivity contribution in [3.05, 3.63) is 41.3 Å². The molecule has 3 N–H and O–H groups in total. The highest BCUT2D eigenvalue weighted by molar-refractivity contribution is 5.91. The number of nitrogens with one attached hydrogen (secondary N) is 1. The van der Waals surface area contributed by atoms with Crippen LogP contribution in [-0.4, -0.2) is 55.6 Å². The van der Waals surface area contributed by atoms with Gasteiger partial charge in [-0.2, -0.15) is 13.2 Å². The molecule has 0 unspecified atom stereocenters. The van der Waals surface area contributed by atoms with Crippen molar-refractivity contribution in [3.63, 3.8) is 0 Å². The van der Waals surface area contributed by atoms with E-state index in [0.717, 1.165) is 12.1 Å².